The fourth-order valence-corrected chi connectivity index (χ4v) is 3.87. The molecule has 0 unspecified atom stereocenters. The lowest BCUT2D eigenvalue weighted by atomic mass is 10.1. The minimum Gasteiger partial charge on any atom is -0.508 e. The smallest absolute Gasteiger partial charge is 0.252 e. The first-order chi connectivity index (χ1) is 14.2. The van der Waals surface area contributed by atoms with Crippen LogP contribution in [0.2, 0.25) is 0 Å². The summed E-state index contributed by atoms with van der Waals surface area (Å²) >= 11 is 1.61. The fourth-order valence-electron chi connectivity index (χ4n) is 2.87. The van der Waals surface area contributed by atoms with Crippen LogP contribution in [0.5, 0.6) is 5.75 Å². The van der Waals surface area contributed by atoms with Crippen molar-refractivity contribution < 1.29 is 9.90 Å². The van der Waals surface area contributed by atoms with Crippen LogP contribution in [-0.2, 0) is 12.2 Å². The first-order valence-electron chi connectivity index (χ1n) is 9.42. The van der Waals surface area contributed by atoms with E-state index < -0.39 is 0 Å². The van der Waals surface area contributed by atoms with Gasteiger partial charge in [0.25, 0.3) is 5.91 Å². The first-order valence-corrected chi connectivity index (χ1v) is 10.4. The summed E-state index contributed by atoms with van der Waals surface area (Å²) < 4.78 is 0. The molecule has 0 aromatic heterocycles. The zero-order valence-corrected chi connectivity index (χ0v) is 16.8. The lowest BCUT2D eigenvalue weighted by Crippen LogP contribution is -2.25. The zero-order valence-electron chi connectivity index (χ0n) is 16.0. The van der Waals surface area contributed by atoms with Gasteiger partial charge in [-0.3, -0.25) is 4.79 Å². The predicted octanol–water partition coefficient (Wildman–Crippen LogP) is 4.92. The molecule has 0 saturated heterocycles. The van der Waals surface area contributed by atoms with Crippen molar-refractivity contribution in [3.05, 3.63) is 95.1 Å². The highest BCUT2D eigenvalue weighted by Gasteiger charge is 2.11. The van der Waals surface area contributed by atoms with Gasteiger partial charge >= 0.3 is 0 Å². The first kappa shape index (κ1) is 20.5. The highest BCUT2D eigenvalue weighted by molar-refractivity contribution is 7.98. The zero-order chi connectivity index (χ0) is 20.5. The number of rotatable bonds is 8. The SMILES string of the molecule is N#Cc1ccc(CSc2ccccc2C(=O)NCCCc2ccc(O)cc2)cc1. The van der Waals surface area contributed by atoms with Crippen molar-refractivity contribution in [1.29, 1.82) is 5.26 Å². The van der Waals surface area contributed by atoms with E-state index in [0.717, 1.165) is 34.6 Å². The van der Waals surface area contributed by atoms with E-state index in [1.165, 1.54) is 0 Å². The number of carbonyl (C=O) groups is 1. The van der Waals surface area contributed by atoms with Crippen LogP contribution in [0.3, 0.4) is 0 Å². The molecule has 5 heteroatoms. The van der Waals surface area contributed by atoms with E-state index in [-0.39, 0.29) is 11.7 Å². The number of phenols is 1. The van der Waals surface area contributed by atoms with Gasteiger partial charge in [0.05, 0.1) is 17.2 Å². The molecule has 0 aliphatic carbocycles. The van der Waals surface area contributed by atoms with Crippen LogP contribution in [0.1, 0.15) is 33.5 Å². The van der Waals surface area contributed by atoms with Gasteiger partial charge in [-0.1, -0.05) is 36.4 Å². The third kappa shape index (κ3) is 6.13. The molecule has 29 heavy (non-hydrogen) atoms. The molecule has 3 aromatic carbocycles. The van der Waals surface area contributed by atoms with Gasteiger partial charge in [-0.25, -0.2) is 0 Å². The van der Waals surface area contributed by atoms with E-state index in [4.69, 9.17) is 5.26 Å². The third-order valence-electron chi connectivity index (χ3n) is 4.47. The summed E-state index contributed by atoms with van der Waals surface area (Å²) in [6, 6.07) is 24.4. The van der Waals surface area contributed by atoms with Gasteiger partial charge in [-0.15, -0.1) is 11.8 Å². The number of phenolic OH excluding ortho intramolecular Hbond substituents is 1. The van der Waals surface area contributed by atoms with Crippen molar-refractivity contribution in [2.24, 2.45) is 0 Å². The van der Waals surface area contributed by atoms with Crippen LogP contribution in [-0.4, -0.2) is 17.6 Å². The quantitative estimate of drug-likeness (QED) is 0.414. The van der Waals surface area contributed by atoms with E-state index in [0.29, 0.717) is 17.7 Å². The molecule has 0 atom stereocenters. The molecule has 0 aliphatic heterocycles. The van der Waals surface area contributed by atoms with Gasteiger partial charge in [0, 0.05) is 17.2 Å². The molecule has 0 heterocycles. The third-order valence-corrected chi connectivity index (χ3v) is 5.62. The average molecular weight is 403 g/mol. The van der Waals surface area contributed by atoms with E-state index in [9.17, 15) is 9.90 Å². The number of aromatic hydroxyl groups is 1. The minimum atomic E-state index is -0.0707. The number of aryl methyl sites for hydroxylation is 1. The summed E-state index contributed by atoms with van der Waals surface area (Å²) in [5.74, 6) is 0.924. The molecular weight excluding hydrogens is 380 g/mol. The molecule has 1 amide bonds. The number of nitriles is 1. The Bertz CT molecular complexity index is 993. The average Bonchev–Trinajstić information content (AvgIpc) is 2.77. The number of amides is 1. The second-order valence-electron chi connectivity index (χ2n) is 6.62. The number of carbonyl (C=O) groups excluding carboxylic acids is 1. The van der Waals surface area contributed by atoms with Crippen LogP contribution in [0.15, 0.2) is 77.7 Å². The van der Waals surface area contributed by atoms with E-state index in [1.54, 1.807) is 23.9 Å². The Kier molecular flexibility index (Phi) is 7.32. The maximum absolute atomic E-state index is 12.6. The van der Waals surface area contributed by atoms with Gasteiger partial charge in [0.2, 0.25) is 0 Å². The molecule has 3 aromatic rings. The summed E-state index contributed by atoms with van der Waals surface area (Å²) in [6.07, 6.45) is 1.67. The maximum atomic E-state index is 12.6. The second kappa shape index (κ2) is 10.4. The van der Waals surface area contributed by atoms with Crippen LogP contribution < -0.4 is 5.32 Å². The summed E-state index contributed by atoms with van der Waals surface area (Å²) in [4.78, 5) is 13.6. The fraction of sp³-hybridized carbons (Fsp3) is 0.167. The lowest BCUT2D eigenvalue weighted by molar-refractivity contribution is 0.0950. The summed E-state index contributed by atoms with van der Waals surface area (Å²) in [5.41, 5.74) is 3.56. The Morgan fingerprint density at radius 2 is 1.66 bits per heavy atom. The molecule has 0 fully saturated rings. The molecule has 0 bridgehead atoms. The summed E-state index contributed by atoms with van der Waals surface area (Å²) in [7, 11) is 0. The molecular formula is C24H22N2O2S. The Labute approximate surface area is 175 Å². The molecule has 0 radical (unpaired) electrons. The van der Waals surface area contributed by atoms with E-state index in [1.807, 2.05) is 60.7 Å². The molecule has 0 aliphatic rings. The highest BCUT2D eigenvalue weighted by Crippen LogP contribution is 2.26. The van der Waals surface area contributed by atoms with Gasteiger partial charge in [-0.05, 0) is 60.4 Å². The van der Waals surface area contributed by atoms with Crippen molar-refractivity contribution in [2.75, 3.05) is 6.54 Å². The standard InChI is InChI=1S/C24H22N2O2S/c25-16-19-7-9-20(10-8-19)17-29-23-6-2-1-5-22(23)24(28)26-15-3-4-18-11-13-21(27)14-12-18/h1-2,5-14,27H,3-4,15,17H2,(H,26,28). The largest absolute Gasteiger partial charge is 0.508 e. The molecule has 4 nitrogen and oxygen atoms in total. The second-order valence-corrected chi connectivity index (χ2v) is 7.64. The Morgan fingerprint density at radius 3 is 2.38 bits per heavy atom. The van der Waals surface area contributed by atoms with Gasteiger partial charge < -0.3 is 10.4 Å². The summed E-state index contributed by atoms with van der Waals surface area (Å²) in [5, 5.41) is 21.2. The molecule has 2 N–H and O–H groups in total. The molecule has 3 rings (SSSR count). The number of benzene rings is 3. The normalized spacial score (nSPS) is 10.3. The number of thioether (sulfide) groups is 1. The number of hydrogen-bond acceptors (Lipinski definition) is 4. The van der Waals surface area contributed by atoms with E-state index >= 15 is 0 Å². The van der Waals surface area contributed by atoms with Crippen molar-refractivity contribution in [2.45, 2.75) is 23.5 Å². The predicted molar refractivity (Wildman–Crippen MR) is 116 cm³/mol. The van der Waals surface area contributed by atoms with Gasteiger partial charge in [0.15, 0.2) is 0 Å². The highest BCUT2D eigenvalue weighted by atomic mass is 32.2. The molecule has 146 valence electrons. The van der Waals surface area contributed by atoms with Crippen LogP contribution in [0.25, 0.3) is 0 Å². The van der Waals surface area contributed by atoms with E-state index in [2.05, 4.69) is 11.4 Å². The topological polar surface area (TPSA) is 73.1 Å². The molecule has 0 spiro atoms. The van der Waals surface area contributed by atoms with Crippen molar-refractivity contribution in [1.82, 2.24) is 5.32 Å². The summed E-state index contributed by atoms with van der Waals surface area (Å²) in [6.45, 7) is 0.592. The Balaban J connectivity index is 1.52. The van der Waals surface area contributed by atoms with Crippen LogP contribution in [0, 0.1) is 11.3 Å². The van der Waals surface area contributed by atoms with Crippen molar-refractivity contribution in [3.8, 4) is 11.8 Å². The monoisotopic (exact) mass is 402 g/mol. The lowest BCUT2D eigenvalue weighted by Gasteiger charge is -2.10. The van der Waals surface area contributed by atoms with Gasteiger partial charge in [0.1, 0.15) is 5.75 Å². The maximum Gasteiger partial charge on any atom is 0.252 e. The minimum absolute atomic E-state index is 0.0707. The van der Waals surface area contributed by atoms with Crippen LogP contribution in [0.4, 0.5) is 0 Å². The number of nitrogens with zero attached hydrogens (tertiary/aromatic N) is 1. The Hall–Kier alpha value is -3.23. The van der Waals surface area contributed by atoms with Crippen molar-refractivity contribution >= 4 is 17.7 Å². The van der Waals surface area contributed by atoms with Crippen LogP contribution >= 0.6 is 11.8 Å². The van der Waals surface area contributed by atoms with Crippen molar-refractivity contribution in [3.63, 3.8) is 0 Å². The molecule has 0 saturated carbocycles. The number of hydrogen-bond donors (Lipinski definition) is 2. The number of nitrogens with one attached hydrogen (secondary N) is 1. The van der Waals surface area contributed by atoms with Gasteiger partial charge in [-0.2, -0.15) is 5.26 Å². The Morgan fingerprint density at radius 1 is 0.966 bits per heavy atom.